The van der Waals surface area contributed by atoms with Crippen LogP contribution in [0.5, 0.6) is 5.75 Å². The molecule has 23 heavy (non-hydrogen) atoms. The molecule has 1 amide bonds. The molecule has 0 unspecified atom stereocenters. The number of phenolic OH excluding ortho intramolecular Hbond substituents is 1. The van der Waals surface area contributed by atoms with E-state index in [1.807, 2.05) is 5.32 Å². The molecule has 0 radical (unpaired) electrons. The maximum atomic E-state index is 12.4. The average molecular weight is 388 g/mol. The van der Waals surface area contributed by atoms with Crippen molar-refractivity contribution in [3.8, 4) is 5.75 Å². The molecule has 124 valence electrons. The monoisotopic (exact) mass is 387 g/mol. The Bertz CT molecular complexity index is 866. The highest BCUT2D eigenvalue weighted by atomic mass is 35.5. The van der Waals surface area contributed by atoms with E-state index in [0.29, 0.717) is 0 Å². The van der Waals surface area contributed by atoms with Crippen LogP contribution in [0.3, 0.4) is 0 Å². The number of rotatable bonds is 3. The van der Waals surface area contributed by atoms with E-state index in [-0.39, 0.29) is 21.9 Å². The summed E-state index contributed by atoms with van der Waals surface area (Å²) in [7, 11) is -5.65. The van der Waals surface area contributed by atoms with E-state index in [4.69, 9.17) is 11.6 Å². The van der Waals surface area contributed by atoms with Gasteiger partial charge in [0.1, 0.15) is 5.75 Å². The van der Waals surface area contributed by atoms with E-state index >= 15 is 0 Å². The van der Waals surface area contributed by atoms with Crippen LogP contribution in [0.15, 0.2) is 22.5 Å². The Hall–Kier alpha value is -1.92. The van der Waals surface area contributed by atoms with Gasteiger partial charge in [-0.05, 0) is 18.2 Å². The summed E-state index contributed by atoms with van der Waals surface area (Å²) >= 11 is 5.68. The second kappa shape index (κ2) is 5.94. The van der Waals surface area contributed by atoms with Crippen molar-refractivity contribution in [3.05, 3.63) is 28.8 Å². The number of benzene rings is 1. The summed E-state index contributed by atoms with van der Waals surface area (Å²) in [6, 6.07) is 3.56. The summed E-state index contributed by atoms with van der Waals surface area (Å²) in [5.74, 6) is -1.38. The highest BCUT2D eigenvalue weighted by molar-refractivity contribution is 7.94. The van der Waals surface area contributed by atoms with Crippen LogP contribution < -0.4 is 5.32 Å². The van der Waals surface area contributed by atoms with Gasteiger partial charge in [-0.1, -0.05) is 22.9 Å². The smallest absolute Gasteiger partial charge is 0.504 e. The van der Waals surface area contributed by atoms with Gasteiger partial charge in [0.15, 0.2) is 0 Å². The SMILES string of the molecule is O=C(Nc1nnc(S(=O)(=O)C(F)(F)F)s1)c1cc(Cl)ccc1O. The van der Waals surface area contributed by atoms with Crippen molar-refractivity contribution in [3.63, 3.8) is 0 Å². The van der Waals surface area contributed by atoms with E-state index in [2.05, 4.69) is 10.2 Å². The van der Waals surface area contributed by atoms with E-state index in [1.165, 1.54) is 6.07 Å². The predicted octanol–water partition coefficient (Wildman–Crippen LogP) is 2.44. The Morgan fingerprint density at radius 2 is 1.96 bits per heavy atom. The maximum Gasteiger partial charge on any atom is 0.504 e. The minimum absolute atomic E-state index is 0.0230. The maximum absolute atomic E-state index is 12.4. The van der Waals surface area contributed by atoms with Crippen molar-refractivity contribution in [2.45, 2.75) is 9.85 Å². The van der Waals surface area contributed by atoms with Crippen LogP contribution in [-0.4, -0.2) is 35.1 Å². The van der Waals surface area contributed by atoms with E-state index in [0.717, 1.165) is 12.1 Å². The first-order valence-electron chi connectivity index (χ1n) is 5.47. The van der Waals surface area contributed by atoms with Gasteiger partial charge in [0.25, 0.3) is 5.91 Å². The largest absolute Gasteiger partial charge is 0.507 e. The number of hydrogen-bond donors (Lipinski definition) is 2. The van der Waals surface area contributed by atoms with Gasteiger partial charge in [0.2, 0.25) is 9.47 Å². The first-order valence-corrected chi connectivity index (χ1v) is 8.15. The molecule has 2 aromatic rings. The molecule has 0 aliphatic rings. The average Bonchev–Trinajstić information content (AvgIpc) is 2.89. The Morgan fingerprint density at radius 1 is 1.30 bits per heavy atom. The number of phenols is 1. The number of aromatic nitrogens is 2. The van der Waals surface area contributed by atoms with Crippen molar-refractivity contribution in [1.29, 1.82) is 0 Å². The van der Waals surface area contributed by atoms with Crippen LogP contribution in [0, 0.1) is 0 Å². The summed E-state index contributed by atoms with van der Waals surface area (Å²) < 4.78 is 58.1. The van der Waals surface area contributed by atoms with Gasteiger partial charge in [-0.3, -0.25) is 10.1 Å². The van der Waals surface area contributed by atoms with Crippen molar-refractivity contribution >= 4 is 43.8 Å². The third-order valence-corrected chi connectivity index (χ3v) is 5.29. The van der Waals surface area contributed by atoms with Crippen LogP contribution in [0.4, 0.5) is 18.3 Å². The minimum Gasteiger partial charge on any atom is -0.507 e. The van der Waals surface area contributed by atoms with Crippen molar-refractivity contribution in [1.82, 2.24) is 10.2 Å². The zero-order valence-corrected chi connectivity index (χ0v) is 13.0. The van der Waals surface area contributed by atoms with Gasteiger partial charge < -0.3 is 5.11 Å². The molecule has 0 bridgehead atoms. The number of nitrogens with one attached hydrogen (secondary N) is 1. The quantitative estimate of drug-likeness (QED) is 0.783. The molecule has 13 heteroatoms. The molecule has 1 aromatic carbocycles. The van der Waals surface area contributed by atoms with Crippen LogP contribution in [-0.2, 0) is 9.84 Å². The fourth-order valence-corrected chi connectivity index (χ4v) is 3.27. The molecular weight excluding hydrogens is 383 g/mol. The first kappa shape index (κ1) is 17.4. The van der Waals surface area contributed by atoms with E-state index in [1.54, 1.807) is 0 Å². The molecule has 1 aromatic heterocycles. The summed E-state index contributed by atoms with van der Waals surface area (Å²) in [5, 5.41) is 17.2. The molecule has 0 fully saturated rings. The Balaban J connectivity index is 2.26. The predicted molar refractivity (Wildman–Crippen MR) is 74.2 cm³/mol. The number of carbonyl (C=O) groups excluding carboxylic acids is 1. The summed E-state index contributed by atoms with van der Waals surface area (Å²) in [6.45, 7) is 0. The number of carbonyl (C=O) groups is 1. The van der Waals surface area contributed by atoms with Gasteiger partial charge in [0.05, 0.1) is 5.56 Å². The number of amides is 1. The summed E-state index contributed by atoms with van der Waals surface area (Å²) in [6.07, 6.45) is 0. The van der Waals surface area contributed by atoms with Gasteiger partial charge in [-0.2, -0.15) is 13.2 Å². The zero-order chi connectivity index (χ0) is 17.4. The molecule has 0 saturated carbocycles. The van der Waals surface area contributed by atoms with Gasteiger partial charge >= 0.3 is 15.3 Å². The van der Waals surface area contributed by atoms with Gasteiger partial charge in [-0.15, -0.1) is 10.2 Å². The Labute approximate surface area is 135 Å². The highest BCUT2D eigenvalue weighted by Crippen LogP contribution is 2.33. The van der Waals surface area contributed by atoms with Crippen LogP contribution in [0.25, 0.3) is 0 Å². The molecule has 0 spiro atoms. The molecule has 0 aliphatic carbocycles. The van der Waals surface area contributed by atoms with Crippen LogP contribution in [0.1, 0.15) is 10.4 Å². The second-order valence-electron chi connectivity index (χ2n) is 3.94. The highest BCUT2D eigenvalue weighted by Gasteiger charge is 2.49. The summed E-state index contributed by atoms with van der Waals surface area (Å²) in [5.41, 5.74) is -5.80. The van der Waals surface area contributed by atoms with E-state index < -0.39 is 36.5 Å². The second-order valence-corrected chi connectivity index (χ2v) is 7.47. The summed E-state index contributed by atoms with van der Waals surface area (Å²) in [4.78, 5) is 11.9. The number of alkyl halides is 3. The molecule has 1 heterocycles. The normalized spacial score (nSPS) is 12.2. The van der Waals surface area contributed by atoms with Crippen LogP contribution in [0.2, 0.25) is 5.02 Å². The number of hydrogen-bond acceptors (Lipinski definition) is 7. The van der Waals surface area contributed by atoms with Crippen molar-refractivity contribution < 1.29 is 31.5 Å². The third kappa shape index (κ3) is 3.54. The fraction of sp³-hybridized carbons (Fsp3) is 0.100. The van der Waals surface area contributed by atoms with E-state index in [9.17, 15) is 31.5 Å². The lowest BCUT2D eigenvalue weighted by Crippen LogP contribution is -2.23. The minimum atomic E-state index is -5.65. The van der Waals surface area contributed by atoms with Gasteiger partial charge in [0, 0.05) is 5.02 Å². The zero-order valence-electron chi connectivity index (χ0n) is 10.6. The van der Waals surface area contributed by atoms with Crippen molar-refractivity contribution in [2.75, 3.05) is 5.32 Å². The standard InChI is InChI=1S/C10H5ClF3N3O4S2/c11-4-1-2-6(18)5(3-4)7(19)15-8-16-17-9(22-8)23(20,21)10(12,13)14/h1-3,18H,(H,15,16,19). The molecule has 2 rings (SSSR count). The number of aromatic hydroxyl groups is 1. The number of sulfone groups is 1. The first-order chi connectivity index (χ1) is 10.5. The molecule has 0 aliphatic heterocycles. The van der Waals surface area contributed by atoms with Gasteiger partial charge in [-0.25, -0.2) is 8.42 Å². The molecule has 2 N–H and O–H groups in total. The lowest BCUT2D eigenvalue weighted by molar-refractivity contribution is -0.0436. The number of halogens is 4. The molecular formula is C10H5ClF3N3O4S2. The molecule has 0 saturated heterocycles. The fourth-order valence-electron chi connectivity index (χ4n) is 1.32. The number of nitrogens with zero attached hydrogens (tertiary/aromatic N) is 2. The Morgan fingerprint density at radius 3 is 2.57 bits per heavy atom. The third-order valence-electron chi connectivity index (χ3n) is 2.36. The molecule has 0 atom stereocenters. The Kier molecular flexibility index (Phi) is 4.50. The molecule has 7 nitrogen and oxygen atoms in total. The number of anilines is 1. The topological polar surface area (TPSA) is 109 Å². The lowest BCUT2D eigenvalue weighted by Gasteiger charge is -2.04. The van der Waals surface area contributed by atoms with Crippen molar-refractivity contribution in [2.24, 2.45) is 0 Å². The van der Waals surface area contributed by atoms with Crippen LogP contribution >= 0.6 is 22.9 Å². The lowest BCUT2D eigenvalue weighted by atomic mass is 10.2.